The molecular formula is C17H16Cl2N2S2. The Morgan fingerprint density at radius 1 is 1.13 bits per heavy atom. The van der Waals surface area contributed by atoms with Crippen molar-refractivity contribution in [2.75, 3.05) is 17.6 Å². The summed E-state index contributed by atoms with van der Waals surface area (Å²) in [5.74, 6) is 1.12. The molecule has 1 saturated heterocycles. The number of benzene rings is 2. The Kier molecular flexibility index (Phi) is 5.70. The summed E-state index contributed by atoms with van der Waals surface area (Å²) < 4.78 is 0. The number of thiocarbonyl (C=S) groups is 1. The average Bonchev–Trinajstić information content (AvgIpc) is 2.55. The molecule has 1 unspecified atom stereocenters. The van der Waals surface area contributed by atoms with E-state index in [1.54, 1.807) is 0 Å². The van der Waals surface area contributed by atoms with Gasteiger partial charge in [-0.15, -0.1) is 11.8 Å². The van der Waals surface area contributed by atoms with Crippen molar-refractivity contribution in [3.63, 3.8) is 0 Å². The van der Waals surface area contributed by atoms with E-state index in [1.807, 2.05) is 54.2 Å². The highest BCUT2D eigenvalue weighted by Crippen LogP contribution is 2.37. The largest absolute Gasteiger partial charge is 0.333 e. The summed E-state index contributed by atoms with van der Waals surface area (Å²) in [5.41, 5.74) is 2.08. The second-order valence-corrected chi connectivity index (χ2v) is 7.71. The lowest BCUT2D eigenvalue weighted by Crippen LogP contribution is -2.40. The lowest BCUT2D eigenvalue weighted by Gasteiger charge is -2.37. The number of rotatable bonds is 2. The van der Waals surface area contributed by atoms with Gasteiger partial charge in [-0.2, -0.15) is 0 Å². The predicted octanol–water partition coefficient (Wildman–Crippen LogP) is 5.83. The van der Waals surface area contributed by atoms with Crippen LogP contribution in [-0.2, 0) is 0 Å². The van der Waals surface area contributed by atoms with Crippen molar-refractivity contribution in [3.05, 3.63) is 64.1 Å². The summed E-state index contributed by atoms with van der Waals surface area (Å²) in [6.07, 6.45) is 1.11. The van der Waals surface area contributed by atoms with Crippen LogP contribution < -0.4 is 5.32 Å². The first kappa shape index (κ1) is 16.9. The number of halogens is 2. The molecule has 23 heavy (non-hydrogen) atoms. The quantitative estimate of drug-likeness (QED) is 0.656. The Balaban J connectivity index is 1.79. The van der Waals surface area contributed by atoms with E-state index in [1.165, 1.54) is 5.56 Å². The third kappa shape index (κ3) is 4.32. The van der Waals surface area contributed by atoms with Crippen LogP contribution in [0, 0.1) is 0 Å². The van der Waals surface area contributed by atoms with Crippen LogP contribution >= 0.6 is 47.2 Å². The molecule has 0 radical (unpaired) electrons. The number of hydrogen-bond donors (Lipinski definition) is 1. The first-order valence-electron chi connectivity index (χ1n) is 7.34. The third-order valence-corrected chi connectivity index (χ3v) is 5.75. The van der Waals surface area contributed by atoms with Crippen LogP contribution in [0.25, 0.3) is 0 Å². The Morgan fingerprint density at radius 3 is 2.61 bits per heavy atom. The van der Waals surface area contributed by atoms with Crippen molar-refractivity contribution >= 4 is 58.0 Å². The van der Waals surface area contributed by atoms with Crippen LogP contribution in [-0.4, -0.2) is 22.3 Å². The van der Waals surface area contributed by atoms with Crippen LogP contribution in [0.4, 0.5) is 5.69 Å². The van der Waals surface area contributed by atoms with Gasteiger partial charge in [0.2, 0.25) is 0 Å². The number of nitrogens with one attached hydrogen (secondary N) is 1. The molecule has 0 amide bonds. The molecule has 1 aliphatic heterocycles. The van der Waals surface area contributed by atoms with Gasteiger partial charge in [0.05, 0.1) is 0 Å². The summed E-state index contributed by atoms with van der Waals surface area (Å²) in [5, 5.41) is 5.63. The van der Waals surface area contributed by atoms with E-state index in [9.17, 15) is 0 Å². The monoisotopic (exact) mass is 382 g/mol. The molecule has 0 aliphatic carbocycles. The van der Waals surface area contributed by atoms with E-state index in [0.717, 1.165) is 29.4 Å². The Bertz CT molecular complexity index is 708. The molecule has 6 heteroatoms. The normalized spacial score (nSPS) is 17.8. The highest BCUT2D eigenvalue weighted by Gasteiger charge is 2.26. The molecule has 2 aromatic carbocycles. The molecule has 0 bridgehead atoms. The van der Waals surface area contributed by atoms with E-state index in [2.05, 4.69) is 16.3 Å². The van der Waals surface area contributed by atoms with Crippen molar-refractivity contribution in [3.8, 4) is 0 Å². The van der Waals surface area contributed by atoms with E-state index >= 15 is 0 Å². The maximum absolute atomic E-state index is 6.15. The van der Waals surface area contributed by atoms with Gasteiger partial charge in [0.1, 0.15) is 5.37 Å². The standard InChI is InChI=1S/C17H16Cl2N2S2/c18-13-5-1-4-12(10-13)16-21(8-3-9-23-16)17(22)20-15-7-2-6-14(19)11-15/h1-2,4-7,10-11,16H,3,8-9H2,(H,20,22). The SMILES string of the molecule is S=C(Nc1cccc(Cl)c1)N1CCCSC1c1cccc(Cl)c1. The maximum Gasteiger partial charge on any atom is 0.174 e. The minimum Gasteiger partial charge on any atom is -0.333 e. The molecule has 2 nitrogen and oxygen atoms in total. The predicted molar refractivity (Wildman–Crippen MR) is 106 cm³/mol. The summed E-state index contributed by atoms with van der Waals surface area (Å²) in [4.78, 5) is 2.22. The van der Waals surface area contributed by atoms with Gasteiger partial charge in [0.25, 0.3) is 0 Å². The maximum atomic E-state index is 6.15. The number of thioether (sulfide) groups is 1. The molecule has 1 aliphatic rings. The summed E-state index contributed by atoms with van der Waals surface area (Å²) in [7, 11) is 0. The summed E-state index contributed by atoms with van der Waals surface area (Å²) in [6.45, 7) is 0.927. The number of hydrogen-bond acceptors (Lipinski definition) is 2. The lowest BCUT2D eigenvalue weighted by molar-refractivity contribution is 0.396. The summed E-state index contributed by atoms with van der Waals surface area (Å²) >= 11 is 19.7. The van der Waals surface area contributed by atoms with Gasteiger partial charge in [0.15, 0.2) is 5.11 Å². The highest BCUT2D eigenvalue weighted by atomic mass is 35.5. The fourth-order valence-electron chi connectivity index (χ4n) is 2.54. The molecule has 1 heterocycles. The van der Waals surface area contributed by atoms with Crippen LogP contribution in [0.15, 0.2) is 48.5 Å². The van der Waals surface area contributed by atoms with Crippen molar-refractivity contribution in [1.82, 2.24) is 4.90 Å². The fraction of sp³-hybridized carbons (Fsp3) is 0.235. The zero-order valence-corrected chi connectivity index (χ0v) is 15.5. The zero-order valence-electron chi connectivity index (χ0n) is 12.3. The number of nitrogens with zero attached hydrogens (tertiary/aromatic N) is 1. The van der Waals surface area contributed by atoms with Crippen LogP contribution in [0.5, 0.6) is 0 Å². The molecule has 2 aromatic rings. The molecule has 0 saturated carbocycles. The second kappa shape index (κ2) is 7.75. The van der Waals surface area contributed by atoms with Crippen molar-refractivity contribution in [1.29, 1.82) is 0 Å². The molecule has 1 fully saturated rings. The Labute approximate surface area is 156 Å². The van der Waals surface area contributed by atoms with Gasteiger partial charge in [-0.3, -0.25) is 0 Å². The van der Waals surface area contributed by atoms with Crippen molar-refractivity contribution < 1.29 is 0 Å². The number of anilines is 1. The van der Waals surface area contributed by atoms with Crippen LogP contribution in [0.1, 0.15) is 17.4 Å². The third-order valence-electron chi connectivity index (χ3n) is 3.57. The Morgan fingerprint density at radius 2 is 1.87 bits per heavy atom. The fourth-order valence-corrected chi connectivity index (χ4v) is 4.56. The van der Waals surface area contributed by atoms with E-state index in [-0.39, 0.29) is 5.37 Å². The lowest BCUT2D eigenvalue weighted by atomic mass is 10.2. The minimum atomic E-state index is 0.182. The van der Waals surface area contributed by atoms with E-state index in [0.29, 0.717) is 10.1 Å². The van der Waals surface area contributed by atoms with Crippen LogP contribution in [0.3, 0.4) is 0 Å². The molecule has 120 valence electrons. The van der Waals surface area contributed by atoms with Gasteiger partial charge >= 0.3 is 0 Å². The van der Waals surface area contributed by atoms with Crippen molar-refractivity contribution in [2.24, 2.45) is 0 Å². The molecule has 0 aromatic heterocycles. The summed E-state index contributed by atoms with van der Waals surface area (Å²) in [6, 6.07) is 15.6. The Hall–Kier alpha value is -0.940. The van der Waals surface area contributed by atoms with Gasteiger partial charge in [0, 0.05) is 22.3 Å². The van der Waals surface area contributed by atoms with Crippen LogP contribution in [0.2, 0.25) is 10.0 Å². The molecule has 0 spiro atoms. The molecule has 1 atom stereocenters. The molecule has 1 N–H and O–H groups in total. The molecular weight excluding hydrogens is 367 g/mol. The first-order chi connectivity index (χ1) is 11.1. The highest BCUT2D eigenvalue weighted by molar-refractivity contribution is 7.99. The van der Waals surface area contributed by atoms with E-state index < -0.39 is 0 Å². The average molecular weight is 383 g/mol. The molecule has 3 rings (SSSR count). The van der Waals surface area contributed by atoms with Gasteiger partial charge < -0.3 is 10.2 Å². The topological polar surface area (TPSA) is 15.3 Å². The smallest absolute Gasteiger partial charge is 0.174 e. The minimum absolute atomic E-state index is 0.182. The van der Waals surface area contributed by atoms with Gasteiger partial charge in [-0.25, -0.2) is 0 Å². The zero-order chi connectivity index (χ0) is 16.2. The van der Waals surface area contributed by atoms with Gasteiger partial charge in [-0.1, -0.05) is 41.4 Å². The van der Waals surface area contributed by atoms with Crippen molar-refractivity contribution in [2.45, 2.75) is 11.8 Å². The first-order valence-corrected chi connectivity index (χ1v) is 9.55. The van der Waals surface area contributed by atoms with Gasteiger partial charge in [-0.05, 0) is 60.3 Å². The second-order valence-electron chi connectivity index (χ2n) is 5.27. The van der Waals surface area contributed by atoms with E-state index in [4.69, 9.17) is 35.4 Å².